The van der Waals surface area contributed by atoms with Gasteiger partial charge < -0.3 is 11.1 Å². The lowest BCUT2D eigenvalue weighted by Gasteiger charge is -2.20. The Morgan fingerprint density at radius 2 is 1.81 bits per heavy atom. The summed E-state index contributed by atoms with van der Waals surface area (Å²) < 4.78 is 38.8. The van der Waals surface area contributed by atoms with Gasteiger partial charge in [0.1, 0.15) is 5.82 Å². The van der Waals surface area contributed by atoms with Crippen molar-refractivity contribution in [3.63, 3.8) is 0 Å². The van der Waals surface area contributed by atoms with Crippen molar-refractivity contribution in [2.24, 2.45) is 5.73 Å². The van der Waals surface area contributed by atoms with E-state index in [4.69, 9.17) is 5.73 Å². The molecular weight excluding hydrogens is 279 g/mol. The van der Waals surface area contributed by atoms with Gasteiger partial charge in [-0.2, -0.15) is 13.2 Å². The number of pyridine rings is 1. The van der Waals surface area contributed by atoms with Gasteiger partial charge in [-0.3, -0.25) is 0 Å². The zero-order valence-electron chi connectivity index (χ0n) is 11.3. The molecule has 1 aromatic heterocycles. The van der Waals surface area contributed by atoms with E-state index in [1.807, 2.05) is 30.3 Å². The van der Waals surface area contributed by atoms with E-state index in [1.54, 1.807) is 0 Å². The number of hydrogen-bond donors (Lipinski definition) is 2. The molecule has 1 aromatic carbocycles. The molecule has 0 saturated heterocycles. The Bertz CT molecular complexity index is 570. The van der Waals surface area contributed by atoms with E-state index in [0.717, 1.165) is 11.6 Å². The van der Waals surface area contributed by atoms with E-state index in [-0.39, 0.29) is 18.4 Å². The number of nitrogens with zero attached hydrogens (tertiary/aromatic N) is 1. The first-order chi connectivity index (χ1) is 10.0. The molecule has 1 unspecified atom stereocenters. The van der Waals surface area contributed by atoms with Gasteiger partial charge in [0.25, 0.3) is 0 Å². The Labute approximate surface area is 121 Å². The van der Waals surface area contributed by atoms with Gasteiger partial charge in [0.2, 0.25) is 0 Å². The van der Waals surface area contributed by atoms with E-state index in [0.29, 0.717) is 6.42 Å². The number of rotatable bonds is 5. The quantitative estimate of drug-likeness (QED) is 0.891. The summed E-state index contributed by atoms with van der Waals surface area (Å²) in [7, 11) is 0. The molecule has 0 aliphatic heterocycles. The first-order valence-corrected chi connectivity index (χ1v) is 6.53. The monoisotopic (exact) mass is 295 g/mol. The van der Waals surface area contributed by atoms with Crippen LogP contribution < -0.4 is 11.1 Å². The number of nitrogens with two attached hydrogens (primary N) is 1. The molecule has 6 heteroatoms. The Hall–Kier alpha value is -2.08. The predicted octanol–water partition coefficient (Wildman–Crippen LogP) is 3.08. The Kier molecular flexibility index (Phi) is 4.80. The topological polar surface area (TPSA) is 50.9 Å². The standard InChI is InChI=1S/C15H16F3N3/c16-15(17,18)13-7-4-8-20-14(13)21-12(10-19)9-11-5-2-1-3-6-11/h1-8,12H,9-10,19H2,(H,20,21). The highest BCUT2D eigenvalue weighted by Crippen LogP contribution is 2.33. The van der Waals surface area contributed by atoms with Crippen LogP contribution in [-0.4, -0.2) is 17.6 Å². The van der Waals surface area contributed by atoms with Crippen LogP contribution in [0.5, 0.6) is 0 Å². The summed E-state index contributed by atoms with van der Waals surface area (Å²) in [5.41, 5.74) is 5.88. The summed E-state index contributed by atoms with van der Waals surface area (Å²) in [4.78, 5) is 3.79. The molecule has 0 aliphatic carbocycles. The lowest BCUT2D eigenvalue weighted by Crippen LogP contribution is -2.32. The molecule has 0 aliphatic rings. The Balaban J connectivity index is 2.16. The smallest absolute Gasteiger partial charge is 0.365 e. The molecule has 1 heterocycles. The number of nitrogens with one attached hydrogen (secondary N) is 1. The van der Waals surface area contributed by atoms with E-state index in [1.165, 1.54) is 12.3 Å². The molecule has 21 heavy (non-hydrogen) atoms. The highest BCUT2D eigenvalue weighted by molar-refractivity contribution is 5.46. The summed E-state index contributed by atoms with van der Waals surface area (Å²) in [6.07, 6.45) is -2.58. The van der Waals surface area contributed by atoms with Crippen molar-refractivity contribution in [3.05, 3.63) is 59.8 Å². The summed E-state index contributed by atoms with van der Waals surface area (Å²) >= 11 is 0. The molecule has 2 rings (SSSR count). The van der Waals surface area contributed by atoms with Crippen LogP contribution in [0.3, 0.4) is 0 Å². The molecule has 0 saturated carbocycles. The normalized spacial score (nSPS) is 13.0. The first kappa shape index (κ1) is 15.3. The Morgan fingerprint density at radius 1 is 1.10 bits per heavy atom. The zero-order chi connectivity index (χ0) is 15.3. The van der Waals surface area contributed by atoms with E-state index >= 15 is 0 Å². The average molecular weight is 295 g/mol. The van der Waals surface area contributed by atoms with Gasteiger partial charge in [0.15, 0.2) is 0 Å². The van der Waals surface area contributed by atoms with Crippen LogP contribution in [0.15, 0.2) is 48.7 Å². The molecule has 3 nitrogen and oxygen atoms in total. The summed E-state index contributed by atoms with van der Waals surface area (Å²) in [6.45, 7) is 0.211. The van der Waals surface area contributed by atoms with Crippen molar-refractivity contribution in [1.82, 2.24) is 4.98 Å². The second-order valence-electron chi connectivity index (χ2n) is 4.66. The maximum atomic E-state index is 12.9. The highest BCUT2D eigenvalue weighted by Gasteiger charge is 2.34. The van der Waals surface area contributed by atoms with Crippen LogP contribution >= 0.6 is 0 Å². The number of aromatic nitrogens is 1. The third kappa shape index (κ3) is 4.19. The second kappa shape index (κ2) is 6.58. The van der Waals surface area contributed by atoms with Gasteiger partial charge in [-0.1, -0.05) is 30.3 Å². The molecule has 112 valence electrons. The van der Waals surface area contributed by atoms with E-state index in [9.17, 15) is 13.2 Å². The van der Waals surface area contributed by atoms with Crippen LogP contribution in [0, 0.1) is 0 Å². The van der Waals surface area contributed by atoms with Crippen LogP contribution in [-0.2, 0) is 12.6 Å². The van der Waals surface area contributed by atoms with Gasteiger partial charge in [0, 0.05) is 18.8 Å². The molecule has 0 bridgehead atoms. The number of anilines is 1. The highest BCUT2D eigenvalue weighted by atomic mass is 19.4. The zero-order valence-corrected chi connectivity index (χ0v) is 11.3. The molecular formula is C15H16F3N3. The predicted molar refractivity (Wildman–Crippen MR) is 75.9 cm³/mol. The molecule has 2 aromatic rings. The Morgan fingerprint density at radius 3 is 2.43 bits per heavy atom. The summed E-state index contributed by atoms with van der Waals surface area (Å²) in [6, 6.07) is 11.4. The van der Waals surface area contributed by atoms with Crippen LogP contribution in [0.1, 0.15) is 11.1 Å². The number of alkyl halides is 3. The lowest BCUT2D eigenvalue weighted by atomic mass is 10.1. The number of hydrogen-bond acceptors (Lipinski definition) is 3. The van der Waals surface area contributed by atoms with Crippen LogP contribution in [0.4, 0.5) is 19.0 Å². The minimum absolute atomic E-state index is 0.184. The molecule has 0 spiro atoms. The van der Waals surface area contributed by atoms with Crippen LogP contribution in [0.25, 0.3) is 0 Å². The van der Waals surface area contributed by atoms with Crippen molar-refractivity contribution >= 4 is 5.82 Å². The van der Waals surface area contributed by atoms with Crippen molar-refractivity contribution in [2.75, 3.05) is 11.9 Å². The first-order valence-electron chi connectivity index (χ1n) is 6.53. The molecule has 1 atom stereocenters. The summed E-state index contributed by atoms with van der Waals surface area (Å²) in [5, 5.41) is 2.80. The molecule has 0 radical (unpaired) electrons. The summed E-state index contributed by atoms with van der Waals surface area (Å²) in [5.74, 6) is -0.184. The average Bonchev–Trinajstić information content (AvgIpc) is 2.47. The minimum Gasteiger partial charge on any atom is -0.365 e. The fourth-order valence-corrected chi connectivity index (χ4v) is 2.03. The lowest BCUT2D eigenvalue weighted by molar-refractivity contribution is -0.137. The van der Waals surface area contributed by atoms with Gasteiger partial charge in [-0.15, -0.1) is 0 Å². The SMILES string of the molecule is NCC(Cc1ccccc1)Nc1ncccc1C(F)(F)F. The third-order valence-corrected chi connectivity index (χ3v) is 3.06. The van der Waals surface area contributed by atoms with Crippen molar-refractivity contribution in [3.8, 4) is 0 Å². The third-order valence-electron chi connectivity index (χ3n) is 3.06. The van der Waals surface area contributed by atoms with Gasteiger partial charge in [-0.25, -0.2) is 4.98 Å². The molecule has 3 N–H and O–H groups in total. The van der Waals surface area contributed by atoms with Crippen molar-refractivity contribution in [2.45, 2.75) is 18.6 Å². The minimum atomic E-state index is -4.44. The van der Waals surface area contributed by atoms with E-state index in [2.05, 4.69) is 10.3 Å². The molecule has 0 amide bonds. The van der Waals surface area contributed by atoms with Crippen molar-refractivity contribution in [1.29, 1.82) is 0 Å². The largest absolute Gasteiger partial charge is 0.419 e. The second-order valence-corrected chi connectivity index (χ2v) is 4.66. The number of halogens is 3. The van der Waals surface area contributed by atoms with E-state index < -0.39 is 11.7 Å². The fraction of sp³-hybridized carbons (Fsp3) is 0.267. The van der Waals surface area contributed by atoms with Gasteiger partial charge in [0.05, 0.1) is 5.56 Å². The fourth-order valence-electron chi connectivity index (χ4n) is 2.03. The van der Waals surface area contributed by atoms with Gasteiger partial charge in [-0.05, 0) is 24.1 Å². The maximum absolute atomic E-state index is 12.9. The van der Waals surface area contributed by atoms with Gasteiger partial charge >= 0.3 is 6.18 Å². The van der Waals surface area contributed by atoms with Crippen LogP contribution in [0.2, 0.25) is 0 Å². The molecule has 0 fully saturated rings. The van der Waals surface area contributed by atoms with Crippen molar-refractivity contribution < 1.29 is 13.2 Å². The number of benzene rings is 1. The maximum Gasteiger partial charge on any atom is 0.419 e.